The van der Waals surface area contributed by atoms with Crippen molar-refractivity contribution in [3.8, 4) is 0 Å². The maximum atomic E-state index is 6.25. The van der Waals surface area contributed by atoms with Gasteiger partial charge in [0.05, 0.1) is 6.04 Å². The molecule has 0 radical (unpaired) electrons. The lowest BCUT2D eigenvalue weighted by Crippen LogP contribution is -2.10. The fourth-order valence-corrected chi connectivity index (χ4v) is 3.72. The first-order chi connectivity index (χ1) is 7.58. The third-order valence-corrected chi connectivity index (χ3v) is 4.63. The van der Waals surface area contributed by atoms with E-state index in [4.69, 9.17) is 5.73 Å². The van der Waals surface area contributed by atoms with Crippen LogP contribution in [0.5, 0.6) is 0 Å². The summed E-state index contributed by atoms with van der Waals surface area (Å²) in [6, 6.07) is 10.2. The Morgan fingerprint density at radius 3 is 2.50 bits per heavy atom. The smallest absolute Gasteiger partial charge is 0.0657 e. The third kappa shape index (κ3) is 2.56. The summed E-state index contributed by atoms with van der Waals surface area (Å²) in [5, 5.41) is 0. The number of thiophene rings is 1. The molecule has 2 N–H and O–H groups in total. The average molecular weight is 361 g/mol. The number of aryl methyl sites for hydroxylation is 1. The molecule has 0 fully saturated rings. The van der Waals surface area contributed by atoms with Gasteiger partial charge in [0.15, 0.2) is 0 Å². The van der Waals surface area contributed by atoms with Gasteiger partial charge in [-0.2, -0.15) is 0 Å². The molecule has 2 aromatic rings. The molecule has 0 saturated carbocycles. The molecule has 1 nitrogen and oxygen atoms in total. The fourth-order valence-electron chi connectivity index (χ4n) is 1.53. The zero-order valence-corrected chi connectivity index (χ0v) is 12.7. The Kier molecular flexibility index (Phi) is 3.85. The predicted octanol–water partition coefficient (Wildman–Crippen LogP) is 4.63. The van der Waals surface area contributed by atoms with Gasteiger partial charge in [0, 0.05) is 18.7 Å². The number of nitrogens with two attached hydrogens (primary N) is 1. The largest absolute Gasteiger partial charge is 0.320 e. The molecule has 0 aliphatic carbocycles. The van der Waals surface area contributed by atoms with E-state index in [0.29, 0.717) is 0 Å². The second-order valence-electron chi connectivity index (χ2n) is 3.59. The Bertz CT molecular complexity index is 507. The summed E-state index contributed by atoms with van der Waals surface area (Å²) in [6.07, 6.45) is 0. The van der Waals surface area contributed by atoms with Gasteiger partial charge in [-0.05, 0) is 36.8 Å². The highest BCUT2D eigenvalue weighted by molar-refractivity contribution is 9.11. The number of halogens is 2. The second-order valence-corrected chi connectivity index (χ2v) is 6.68. The average Bonchev–Trinajstić information content (AvgIpc) is 2.64. The summed E-state index contributed by atoms with van der Waals surface area (Å²) >= 11 is 8.73. The summed E-state index contributed by atoms with van der Waals surface area (Å²) < 4.78 is 2.10. The van der Waals surface area contributed by atoms with Crippen LogP contribution in [0.4, 0.5) is 0 Å². The van der Waals surface area contributed by atoms with Crippen molar-refractivity contribution in [1.29, 1.82) is 0 Å². The summed E-state index contributed by atoms with van der Waals surface area (Å²) in [6.45, 7) is 2.09. The highest BCUT2D eigenvalue weighted by atomic mass is 79.9. The highest BCUT2D eigenvalue weighted by Gasteiger charge is 2.13. The lowest BCUT2D eigenvalue weighted by atomic mass is 10.1. The van der Waals surface area contributed by atoms with Crippen molar-refractivity contribution in [2.75, 3.05) is 0 Å². The SMILES string of the molecule is Cc1ccc(C(N)c2ccc(Br)cc2Br)s1. The van der Waals surface area contributed by atoms with E-state index in [-0.39, 0.29) is 6.04 Å². The molecule has 0 aliphatic heterocycles. The zero-order chi connectivity index (χ0) is 11.7. The lowest BCUT2D eigenvalue weighted by molar-refractivity contribution is 0.887. The molecule has 1 aromatic heterocycles. The molecule has 0 bridgehead atoms. The van der Waals surface area contributed by atoms with Gasteiger partial charge in [-0.25, -0.2) is 0 Å². The minimum absolute atomic E-state index is 0.0545. The molecular weight excluding hydrogens is 350 g/mol. The molecular formula is C12H11Br2NS. The molecule has 84 valence electrons. The van der Waals surface area contributed by atoms with E-state index in [2.05, 4.69) is 50.9 Å². The van der Waals surface area contributed by atoms with Crippen LogP contribution in [0.2, 0.25) is 0 Å². The summed E-state index contributed by atoms with van der Waals surface area (Å²) in [4.78, 5) is 2.49. The first kappa shape index (κ1) is 12.3. The Labute approximate surface area is 116 Å². The molecule has 1 aromatic carbocycles. The van der Waals surface area contributed by atoms with Gasteiger partial charge in [0.2, 0.25) is 0 Å². The minimum atomic E-state index is -0.0545. The summed E-state index contributed by atoms with van der Waals surface area (Å²) in [5.41, 5.74) is 7.36. The summed E-state index contributed by atoms with van der Waals surface area (Å²) in [7, 11) is 0. The van der Waals surface area contributed by atoms with Gasteiger partial charge in [0.1, 0.15) is 0 Å². The topological polar surface area (TPSA) is 26.0 Å². The van der Waals surface area contributed by atoms with Crippen LogP contribution in [-0.4, -0.2) is 0 Å². The molecule has 16 heavy (non-hydrogen) atoms. The molecule has 0 aliphatic rings. The van der Waals surface area contributed by atoms with Gasteiger partial charge in [-0.3, -0.25) is 0 Å². The summed E-state index contributed by atoms with van der Waals surface area (Å²) in [5.74, 6) is 0. The van der Waals surface area contributed by atoms with Crippen molar-refractivity contribution in [2.45, 2.75) is 13.0 Å². The van der Waals surface area contributed by atoms with Crippen LogP contribution >= 0.6 is 43.2 Å². The van der Waals surface area contributed by atoms with Crippen molar-refractivity contribution in [1.82, 2.24) is 0 Å². The van der Waals surface area contributed by atoms with E-state index in [1.807, 2.05) is 18.2 Å². The van der Waals surface area contributed by atoms with Crippen LogP contribution in [0.1, 0.15) is 21.4 Å². The molecule has 4 heteroatoms. The Morgan fingerprint density at radius 1 is 1.19 bits per heavy atom. The highest BCUT2D eigenvalue weighted by Crippen LogP contribution is 2.32. The van der Waals surface area contributed by atoms with E-state index in [0.717, 1.165) is 14.5 Å². The van der Waals surface area contributed by atoms with Crippen LogP contribution in [0, 0.1) is 6.92 Å². The Morgan fingerprint density at radius 2 is 1.94 bits per heavy atom. The van der Waals surface area contributed by atoms with Crippen LogP contribution < -0.4 is 5.73 Å². The van der Waals surface area contributed by atoms with E-state index in [9.17, 15) is 0 Å². The van der Waals surface area contributed by atoms with Gasteiger partial charge in [0.25, 0.3) is 0 Å². The van der Waals surface area contributed by atoms with Gasteiger partial charge >= 0.3 is 0 Å². The minimum Gasteiger partial charge on any atom is -0.320 e. The van der Waals surface area contributed by atoms with Crippen molar-refractivity contribution in [3.05, 3.63) is 54.6 Å². The van der Waals surface area contributed by atoms with Gasteiger partial charge in [-0.15, -0.1) is 11.3 Å². The molecule has 2 rings (SSSR count). The third-order valence-electron chi connectivity index (χ3n) is 2.37. The maximum Gasteiger partial charge on any atom is 0.0657 e. The van der Waals surface area contributed by atoms with Crippen LogP contribution in [0.15, 0.2) is 39.3 Å². The standard InChI is InChI=1S/C12H11Br2NS/c1-7-2-5-11(16-7)12(15)9-4-3-8(13)6-10(9)14/h2-6,12H,15H2,1H3. The lowest BCUT2D eigenvalue weighted by Gasteiger charge is -2.12. The first-order valence-electron chi connectivity index (χ1n) is 4.85. The van der Waals surface area contributed by atoms with Crippen molar-refractivity contribution in [3.63, 3.8) is 0 Å². The Balaban J connectivity index is 2.37. The van der Waals surface area contributed by atoms with E-state index < -0.39 is 0 Å². The monoisotopic (exact) mass is 359 g/mol. The molecule has 1 heterocycles. The number of hydrogen-bond donors (Lipinski definition) is 1. The number of benzene rings is 1. The number of rotatable bonds is 2. The van der Waals surface area contributed by atoms with Crippen LogP contribution in [-0.2, 0) is 0 Å². The number of hydrogen-bond acceptors (Lipinski definition) is 2. The van der Waals surface area contributed by atoms with E-state index >= 15 is 0 Å². The molecule has 0 amide bonds. The predicted molar refractivity (Wildman–Crippen MR) is 76.9 cm³/mol. The van der Waals surface area contributed by atoms with Crippen molar-refractivity contribution in [2.24, 2.45) is 5.73 Å². The fraction of sp³-hybridized carbons (Fsp3) is 0.167. The zero-order valence-electron chi connectivity index (χ0n) is 8.71. The van der Waals surface area contributed by atoms with Crippen molar-refractivity contribution >= 4 is 43.2 Å². The molecule has 1 atom stereocenters. The van der Waals surface area contributed by atoms with E-state index in [1.165, 1.54) is 9.75 Å². The normalized spacial score (nSPS) is 12.8. The van der Waals surface area contributed by atoms with Gasteiger partial charge in [-0.1, -0.05) is 37.9 Å². The van der Waals surface area contributed by atoms with Crippen LogP contribution in [0.25, 0.3) is 0 Å². The maximum absolute atomic E-state index is 6.25. The second kappa shape index (κ2) is 5.00. The van der Waals surface area contributed by atoms with Crippen LogP contribution in [0.3, 0.4) is 0 Å². The molecule has 0 saturated heterocycles. The van der Waals surface area contributed by atoms with E-state index in [1.54, 1.807) is 11.3 Å². The first-order valence-corrected chi connectivity index (χ1v) is 7.25. The van der Waals surface area contributed by atoms with Gasteiger partial charge < -0.3 is 5.73 Å². The van der Waals surface area contributed by atoms with Crippen molar-refractivity contribution < 1.29 is 0 Å². The molecule has 0 spiro atoms. The molecule has 1 unspecified atom stereocenters. The Hall–Kier alpha value is -0.160. The quantitative estimate of drug-likeness (QED) is 0.830.